The van der Waals surface area contributed by atoms with Crippen molar-refractivity contribution in [1.29, 1.82) is 0 Å². The number of H-pyrrole nitrogens is 1. The maximum atomic E-state index is 14.5. The second-order valence-corrected chi connectivity index (χ2v) is 13.0. The minimum atomic E-state index is -0.681. The van der Waals surface area contributed by atoms with Crippen molar-refractivity contribution in [2.75, 3.05) is 34.7 Å². The molecule has 1 amide bonds. The van der Waals surface area contributed by atoms with E-state index in [0.717, 1.165) is 38.5 Å². The smallest absolute Gasteiger partial charge is 0.310 e. The number of hydrogen-bond acceptors (Lipinski definition) is 9. The van der Waals surface area contributed by atoms with Crippen LogP contribution >= 0.6 is 0 Å². The van der Waals surface area contributed by atoms with Gasteiger partial charge in [-0.25, -0.2) is 9.37 Å². The first kappa shape index (κ1) is 31.7. The number of pyridine rings is 1. The molecular weight excluding hydrogens is 669 g/mol. The molecule has 0 saturated carbocycles. The molecule has 2 aliphatic heterocycles. The Labute approximate surface area is 296 Å². The Balaban J connectivity index is 1.19. The summed E-state index contributed by atoms with van der Waals surface area (Å²) in [4.78, 5) is 36.5. The number of nitrogens with zero attached hydrogens (tertiary/aromatic N) is 1. The molecular formula is C40H32FN3O8. The van der Waals surface area contributed by atoms with Crippen molar-refractivity contribution in [3.63, 3.8) is 0 Å². The number of aromatic nitrogens is 2. The summed E-state index contributed by atoms with van der Waals surface area (Å²) in [7, 11) is 4.60. The molecule has 0 bridgehead atoms. The van der Waals surface area contributed by atoms with Crippen LogP contribution in [0.4, 0.5) is 4.39 Å². The Morgan fingerprint density at radius 1 is 0.865 bits per heavy atom. The number of fused-ring (bicyclic) bond motifs is 6. The van der Waals surface area contributed by atoms with E-state index in [1.54, 1.807) is 18.2 Å². The number of cyclic esters (lactones) is 1. The molecule has 262 valence electrons. The SMILES string of the molecule is COc1cc([C@@H]2c3cc4c(cc3[C@@H](NC(=O)c3cc5c([nH]c6ccccc65)c(-c5ccc(F)cc5)n3)[C@H]3COC(=O)[C@H]23)OCO4)cc(OC)c1OC. The molecule has 9 rings (SSSR count). The molecule has 0 radical (unpaired) electrons. The summed E-state index contributed by atoms with van der Waals surface area (Å²) in [6, 6.07) is 22.3. The number of amides is 1. The lowest BCUT2D eigenvalue weighted by atomic mass is 9.65. The summed E-state index contributed by atoms with van der Waals surface area (Å²) in [5.74, 6) is -0.512. The Morgan fingerprint density at radius 3 is 2.29 bits per heavy atom. The molecule has 12 heteroatoms. The molecule has 4 atom stereocenters. The van der Waals surface area contributed by atoms with E-state index in [9.17, 15) is 14.0 Å². The normalized spacial score (nSPS) is 20.0. The number of carbonyl (C=O) groups is 2. The Kier molecular flexibility index (Phi) is 7.42. The Bertz CT molecular complexity index is 2400. The topological polar surface area (TPSA) is 130 Å². The van der Waals surface area contributed by atoms with Crippen molar-refractivity contribution in [1.82, 2.24) is 15.3 Å². The number of ether oxygens (including phenoxy) is 6. The summed E-state index contributed by atoms with van der Waals surface area (Å²) in [6.45, 7) is 0.124. The summed E-state index contributed by atoms with van der Waals surface area (Å²) >= 11 is 0. The van der Waals surface area contributed by atoms with Crippen LogP contribution in [0.15, 0.2) is 78.9 Å². The second kappa shape index (κ2) is 12.2. The first-order valence-electron chi connectivity index (χ1n) is 16.7. The van der Waals surface area contributed by atoms with E-state index in [1.165, 1.54) is 33.5 Å². The van der Waals surface area contributed by atoms with E-state index in [-0.39, 0.29) is 30.9 Å². The van der Waals surface area contributed by atoms with Crippen molar-refractivity contribution in [2.45, 2.75) is 12.0 Å². The van der Waals surface area contributed by atoms with Gasteiger partial charge in [-0.05, 0) is 77.4 Å². The maximum absolute atomic E-state index is 14.5. The molecule has 0 unspecified atom stereocenters. The Hall–Kier alpha value is -6.30. The van der Waals surface area contributed by atoms with Gasteiger partial charge in [0.15, 0.2) is 23.0 Å². The zero-order chi connectivity index (χ0) is 35.7. The first-order valence-corrected chi connectivity index (χ1v) is 16.7. The maximum Gasteiger partial charge on any atom is 0.310 e. The number of halogens is 1. The zero-order valence-corrected chi connectivity index (χ0v) is 28.3. The molecule has 4 heterocycles. The van der Waals surface area contributed by atoms with E-state index in [0.29, 0.717) is 40.0 Å². The van der Waals surface area contributed by atoms with Gasteiger partial charge in [-0.2, -0.15) is 0 Å². The van der Waals surface area contributed by atoms with E-state index in [4.69, 9.17) is 33.4 Å². The first-order chi connectivity index (χ1) is 25.4. The largest absolute Gasteiger partial charge is 0.493 e. The van der Waals surface area contributed by atoms with Crippen LogP contribution < -0.4 is 29.0 Å². The highest BCUT2D eigenvalue weighted by molar-refractivity contribution is 6.13. The second-order valence-electron chi connectivity index (χ2n) is 13.0. The molecule has 1 fully saturated rings. The van der Waals surface area contributed by atoms with Gasteiger partial charge in [0, 0.05) is 33.7 Å². The van der Waals surface area contributed by atoms with E-state index in [2.05, 4.69) is 10.3 Å². The van der Waals surface area contributed by atoms with E-state index < -0.39 is 29.7 Å². The molecule has 2 aromatic heterocycles. The van der Waals surface area contributed by atoms with Crippen LogP contribution in [-0.4, -0.2) is 56.6 Å². The Morgan fingerprint density at radius 2 is 1.58 bits per heavy atom. The molecule has 11 nitrogen and oxygen atoms in total. The van der Waals surface area contributed by atoms with Gasteiger partial charge >= 0.3 is 5.97 Å². The van der Waals surface area contributed by atoms with Crippen LogP contribution in [0.3, 0.4) is 0 Å². The third-order valence-corrected chi connectivity index (χ3v) is 10.4. The quantitative estimate of drug-likeness (QED) is 0.175. The predicted octanol–water partition coefficient (Wildman–Crippen LogP) is 6.68. The van der Waals surface area contributed by atoms with Crippen molar-refractivity contribution in [2.24, 2.45) is 11.8 Å². The number of nitrogens with one attached hydrogen (secondary N) is 2. The van der Waals surface area contributed by atoms with Gasteiger partial charge in [-0.3, -0.25) is 9.59 Å². The van der Waals surface area contributed by atoms with Gasteiger partial charge in [0.25, 0.3) is 5.91 Å². The molecule has 3 aliphatic rings. The fourth-order valence-corrected chi connectivity index (χ4v) is 8.02. The number of rotatable bonds is 7. The van der Waals surface area contributed by atoms with E-state index >= 15 is 0 Å². The lowest BCUT2D eigenvalue weighted by Gasteiger charge is -2.39. The average Bonchev–Trinajstić information content (AvgIpc) is 3.90. The van der Waals surface area contributed by atoms with Gasteiger partial charge in [-0.15, -0.1) is 0 Å². The average molecular weight is 702 g/mol. The van der Waals surface area contributed by atoms with Crippen molar-refractivity contribution in [3.8, 4) is 40.0 Å². The van der Waals surface area contributed by atoms with Gasteiger partial charge in [-0.1, -0.05) is 18.2 Å². The van der Waals surface area contributed by atoms with Crippen LogP contribution in [-0.2, 0) is 9.53 Å². The van der Waals surface area contributed by atoms with Gasteiger partial charge in [0.05, 0.1) is 51.1 Å². The monoisotopic (exact) mass is 701 g/mol. The molecule has 2 N–H and O–H groups in total. The third-order valence-electron chi connectivity index (χ3n) is 10.4. The highest BCUT2D eigenvalue weighted by Crippen LogP contribution is 2.55. The number of carbonyl (C=O) groups excluding carboxylic acids is 2. The third kappa shape index (κ3) is 4.89. The van der Waals surface area contributed by atoms with Gasteiger partial charge < -0.3 is 38.7 Å². The minimum absolute atomic E-state index is 0.0414. The van der Waals surface area contributed by atoms with Crippen LogP contribution in [0.25, 0.3) is 33.1 Å². The van der Waals surface area contributed by atoms with Gasteiger partial charge in [0.1, 0.15) is 11.5 Å². The zero-order valence-electron chi connectivity index (χ0n) is 28.3. The van der Waals surface area contributed by atoms with Crippen LogP contribution in [0.2, 0.25) is 0 Å². The fourth-order valence-electron chi connectivity index (χ4n) is 8.02. The van der Waals surface area contributed by atoms with Crippen molar-refractivity contribution < 1.29 is 42.4 Å². The van der Waals surface area contributed by atoms with Crippen LogP contribution in [0.5, 0.6) is 28.7 Å². The van der Waals surface area contributed by atoms with Crippen LogP contribution in [0.1, 0.15) is 39.1 Å². The number of hydrogen-bond donors (Lipinski definition) is 2. The number of methoxy groups -OCH3 is 3. The van der Waals surface area contributed by atoms with Gasteiger partial charge in [0.2, 0.25) is 12.5 Å². The molecule has 0 spiro atoms. The highest BCUT2D eigenvalue weighted by Gasteiger charge is 2.53. The summed E-state index contributed by atoms with van der Waals surface area (Å²) in [6.07, 6.45) is 0. The molecule has 1 saturated heterocycles. The minimum Gasteiger partial charge on any atom is -0.493 e. The molecule has 6 aromatic rings. The number of esters is 1. The van der Waals surface area contributed by atoms with Crippen molar-refractivity contribution >= 4 is 33.7 Å². The predicted molar refractivity (Wildman–Crippen MR) is 188 cm³/mol. The summed E-state index contributed by atoms with van der Waals surface area (Å²) in [5, 5.41) is 4.94. The summed E-state index contributed by atoms with van der Waals surface area (Å²) < 4.78 is 48.3. The number of benzene rings is 4. The van der Waals surface area contributed by atoms with E-state index in [1.807, 2.05) is 48.5 Å². The molecule has 1 aliphatic carbocycles. The van der Waals surface area contributed by atoms with Crippen molar-refractivity contribution in [3.05, 3.63) is 107 Å². The number of para-hydroxylation sites is 1. The molecule has 52 heavy (non-hydrogen) atoms. The number of aromatic amines is 1. The van der Waals surface area contributed by atoms with Crippen LogP contribution in [0, 0.1) is 17.7 Å². The summed E-state index contributed by atoms with van der Waals surface area (Å²) in [5.41, 5.74) is 5.16. The fraction of sp³-hybridized carbons (Fsp3) is 0.225. The lowest BCUT2D eigenvalue weighted by molar-refractivity contribution is -0.141. The lowest BCUT2D eigenvalue weighted by Crippen LogP contribution is -2.43. The highest BCUT2D eigenvalue weighted by atomic mass is 19.1. The molecule has 4 aromatic carbocycles. The standard InChI is InChI=1S/C40H32FN3O8/c1-47-31-12-20(13-32(48-2)38(31)49-3)33-23-15-29-30(52-18-51-29)16-25(23)36(26-17-50-40(46)34(26)33)44-39(45)28-14-24-22-6-4-5-7-27(22)42-37(24)35(43-28)19-8-10-21(41)11-9-19/h4-16,26,33-34,36,42H,17-18H2,1-3H3,(H,44,45)/t26-,33+,34-,36+/m0/s1.